The minimum absolute atomic E-state index is 0.779. The zero-order valence-corrected chi connectivity index (χ0v) is 18.0. The Bertz CT molecular complexity index is 1160. The van der Waals surface area contributed by atoms with Crippen LogP contribution in [-0.2, 0) is 0 Å². The van der Waals surface area contributed by atoms with Crippen LogP contribution in [0.15, 0.2) is 30.3 Å². The van der Waals surface area contributed by atoms with Gasteiger partial charge in [0.25, 0.3) is 0 Å². The number of piperazine rings is 1. The molecule has 0 unspecified atom stereocenters. The molecule has 5 rings (SSSR count). The van der Waals surface area contributed by atoms with Gasteiger partial charge in [0.15, 0.2) is 10.3 Å². The number of aryl methyl sites for hydroxylation is 1. The fraction of sp³-hybridized carbons (Fsp3) is 0.300. The highest BCUT2D eigenvalue weighted by Gasteiger charge is 2.22. The lowest BCUT2D eigenvalue weighted by Crippen LogP contribution is -2.46. The normalized spacial score (nSPS) is 15.0. The molecule has 0 atom stereocenters. The topological polar surface area (TPSA) is 41.5 Å². The van der Waals surface area contributed by atoms with Gasteiger partial charge in [0.05, 0.1) is 27.5 Å². The number of fused-ring (bicyclic) bond motifs is 2. The number of hydrogen-bond acceptors (Lipinski definition) is 7. The molecule has 5 nitrogen and oxygen atoms in total. The largest absolute Gasteiger partial charge is 0.497 e. The summed E-state index contributed by atoms with van der Waals surface area (Å²) >= 11 is 9.74. The fourth-order valence-electron chi connectivity index (χ4n) is 3.47. The Kier molecular flexibility index (Phi) is 4.53. The summed E-state index contributed by atoms with van der Waals surface area (Å²) in [4.78, 5) is 14.4. The van der Waals surface area contributed by atoms with Crippen LogP contribution in [0, 0.1) is 6.92 Å². The number of anilines is 2. The molecule has 2 aromatic carbocycles. The number of ether oxygens (including phenoxy) is 1. The molecule has 1 saturated heterocycles. The maximum absolute atomic E-state index is 6.25. The molecule has 2 aromatic heterocycles. The molecule has 1 aliphatic rings. The first-order valence-corrected chi connectivity index (χ1v) is 11.1. The van der Waals surface area contributed by atoms with E-state index in [0.717, 1.165) is 63.8 Å². The predicted molar refractivity (Wildman–Crippen MR) is 120 cm³/mol. The van der Waals surface area contributed by atoms with Gasteiger partial charge in [-0.15, -0.1) is 0 Å². The average Bonchev–Trinajstić information content (AvgIpc) is 3.35. The van der Waals surface area contributed by atoms with Crippen molar-refractivity contribution in [3.05, 3.63) is 40.9 Å². The predicted octanol–water partition coefficient (Wildman–Crippen LogP) is 5.20. The number of rotatable bonds is 3. The maximum atomic E-state index is 6.25. The van der Waals surface area contributed by atoms with Gasteiger partial charge >= 0.3 is 0 Å². The van der Waals surface area contributed by atoms with Gasteiger partial charge < -0.3 is 14.5 Å². The Morgan fingerprint density at radius 1 is 0.929 bits per heavy atom. The van der Waals surface area contributed by atoms with Crippen LogP contribution in [0.25, 0.3) is 20.4 Å². The van der Waals surface area contributed by atoms with Crippen molar-refractivity contribution in [2.45, 2.75) is 6.92 Å². The third-order valence-electron chi connectivity index (χ3n) is 5.14. The Morgan fingerprint density at radius 2 is 1.57 bits per heavy atom. The first-order chi connectivity index (χ1) is 13.6. The van der Waals surface area contributed by atoms with Crippen LogP contribution in [0.2, 0.25) is 5.02 Å². The Hall–Kier alpha value is -2.09. The van der Waals surface area contributed by atoms with Crippen LogP contribution in [0.3, 0.4) is 0 Å². The summed E-state index contributed by atoms with van der Waals surface area (Å²) in [6.07, 6.45) is 0. The molecule has 0 spiro atoms. The van der Waals surface area contributed by atoms with Crippen molar-refractivity contribution < 1.29 is 4.74 Å². The zero-order valence-electron chi connectivity index (χ0n) is 15.6. The molecular weight excluding hydrogens is 412 g/mol. The highest BCUT2D eigenvalue weighted by molar-refractivity contribution is 7.22. The van der Waals surface area contributed by atoms with E-state index in [0.29, 0.717) is 0 Å². The number of hydrogen-bond donors (Lipinski definition) is 0. The number of methoxy groups -OCH3 is 1. The average molecular weight is 431 g/mol. The summed E-state index contributed by atoms with van der Waals surface area (Å²) in [5, 5.41) is 2.94. The molecule has 28 heavy (non-hydrogen) atoms. The smallest absolute Gasteiger partial charge is 0.186 e. The van der Waals surface area contributed by atoms with Gasteiger partial charge in [0.2, 0.25) is 0 Å². The monoisotopic (exact) mass is 430 g/mol. The van der Waals surface area contributed by atoms with E-state index < -0.39 is 0 Å². The van der Waals surface area contributed by atoms with Gasteiger partial charge in [-0.25, -0.2) is 9.97 Å². The second-order valence-electron chi connectivity index (χ2n) is 6.82. The minimum atomic E-state index is 0.779. The van der Waals surface area contributed by atoms with Crippen LogP contribution < -0.4 is 14.5 Å². The Balaban J connectivity index is 1.34. The van der Waals surface area contributed by atoms with Crippen molar-refractivity contribution in [3.63, 3.8) is 0 Å². The lowest BCUT2D eigenvalue weighted by Gasteiger charge is -2.34. The van der Waals surface area contributed by atoms with Crippen LogP contribution >= 0.6 is 34.3 Å². The first-order valence-electron chi connectivity index (χ1n) is 9.12. The summed E-state index contributed by atoms with van der Waals surface area (Å²) in [6, 6.07) is 10.1. The summed E-state index contributed by atoms with van der Waals surface area (Å²) in [5.74, 6) is 0.848. The van der Waals surface area contributed by atoms with Gasteiger partial charge in [-0.1, -0.05) is 34.3 Å². The second kappa shape index (κ2) is 7.06. The summed E-state index contributed by atoms with van der Waals surface area (Å²) in [5.41, 5.74) is 3.08. The fourth-order valence-corrected chi connectivity index (χ4v) is 5.70. The van der Waals surface area contributed by atoms with Crippen molar-refractivity contribution in [2.75, 3.05) is 43.1 Å². The molecule has 144 valence electrons. The van der Waals surface area contributed by atoms with Crippen LogP contribution in [0.1, 0.15) is 5.56 Å². The number of thiazole rings is 2. The highest BCUT2D eigenvalue weighted by atomic mass is 35.5. The number of benzene rings is 2. The van der Waals surface area contributed by atoms with E-state index in [1.54, 1.807) is 29.8 Å². The van der Waals surface area contributed by atoms with Gasteiger partial charge in [0.1, 0.15) is 5.75 Å². The molecule has 3 heterocycles. The molecule has 0 N–H and O–H groups in total. The number of halogens is 1. The second-order valence-corrected chi connectivity index (χ2v) is 9.25. The number of aromatic nitrogens is 2. The van der Waals surface area contributed by atoms with Gasteiger partial charge in [-0.2, -0.15) is 0 Å². The minimum Gasteiger partial charge on any atom is -0.497 e. The van der Waals surface area contributed by atoms with Crippen LogP contribution in [0.4, 0.5) is 10.3 Å². The van der Waals surface area contributed by atoms with E-state index in [1.165, 1.54) is 9.40 Å². The molecule has 0 saturated carbocycles. The quantitative estimate of drug-likeness (QED) is 0.446. The molecule has 0 radical (unpaired) electrons. The molecule has 0 amide bonds. The molecular formula is C20H19ClN4OS2. The van der Waals surface area contributed by atoms with Crippen molar-refractivity contribution >= 4 is 65.0 Å². The van der Waals surface area contributed by atoms with E-state index in [4.69, 9.17) is 26.3 Å². The Labute approximate surface area is 176 Å². The Morgan fingerprint density at radius 3 is 2.29 bits per heavy atom. The summed E-state index contributed by atoms with van der Waals surface area (Å²) < 4.78 is 7.70. The number of nitrogens with zero attached hydrogens (tertiary/aromatic N) is 4. The van der Waals surface area contributed by atoms with E-state index in [1.807, 2.05) is 25.1 Å². The van der Waals surface area contributed by atoms with Gasteiger partial charge in [-0.05, 0) is 36.8 Å². The molecule has 1 fully saturated rings. The lowest BCUT2D eigenvalue weighted by molar-refractivity contribution is 0.415. The van der Waals surface area contributed by atoms with E-state index in [9.17, 15) is 0 Å². The maximum Gasteiger partial charge on any atom is 0.186 e. The highest BCUT2D eigenvalue weighted by Crippen LogP contribution is 2.35. The molecule has 1 aliphatic heterocycles. The van der Waals surface area contributed by atoms with Crippen LogP contribution in [0.5, 0.6) is 5.75 Å². The first kappa shape index (κ1) is 18.0. The molecule has 4 aromatic rings. The zero-order chi connectivity index (χ0) is 19.3. The van der Waals surface area contributed by atoms with Crippen molar-refractivity contribution in [3.8, 4) is 5.75 Å². The van der Waals surface area contributed by atoms with Crippen molar-refractivity contribution in [1.82, 2.24) is 9.97 Å². The van der Waals surface area contributed by atoms with E-state index in [-0.39, 0.29) is 0 Å². The standard InChI is InChI=1S/C20H19ClN4OS2/c1-12-14(21)4-6-17-18(12)23-20(28-17)25-9-7-24(8-10-25)19-22-15-11-13(26-2)3-5-16(15)27-19/h3-6,11H,7-10H2,1-2H3. The molecule has 8 heteroatoms. The van der Waals surface area contributed by atoms with E-state index >= 15 is 0 Å². The van der Waals surface area contributed by atoms with Crippen LogP contribution in [-0.4, -0.2) is 43.3 Å². The summed E-state index contributed by atoms with van der Waals surface area (Å²) in [6.45, 7) is 5.78. The summed E-state index contributed by atoms with van der Waals surface area (Å²) in [7, 11) is 1.69. The molecule has 0 bridgehead atoms. The van der Waals surface area contributed by atoms with Crippen molar-refractivity contribution in [2.24, 2.45) is 0 Å². The third-order valence-corrected chi connectivity index (χ3v) is 7.73. The third kappa shape index (κ3) is 3.07. The van der Waals surface area contributed by atoms with Gasteiger partial charge in [0, 0.05) is 37.3 Å². The van der Waals surface area contributed by atoms with Crippen molar-refractivity contribution in [1.29, 1.82) is 0 Å². The SMILES string of the molecule is COc1ccc2sc(N3CCN(c4nc5c(C)c(Cl)ccc5s4)CC3)nc2c1. The van der Waals surface area contributed by atoms with Gasteiger partial charge in [-0.3, -0.25) is 0 Å². The van der Waals surface area contributed by atoms with E-state index in [2.05, 4.69) is 21.9 Å². The molecule has 0 aliphatic carbocycles. The lowest BCUT2D eigenvalue weighted by atomic mass is 10.2.